The van der Waals surface area contributed by atoms with E-state index in [1.165, 1.54) is 27.9 Å². The maximum absolute atomic E-state index is 14.8. The Bertz CT molecular complexity index is 1920. The summed E-state index contributed by atoms with van der Waals surface area (Å²) in [6.45, 7) is 1.30. The lowest BCUT2D eigenvalue weighted by atomic mass is 9.81. The minimum atomic E-state index is -4.11. The van der Waals surface area contributed by atoms with Crippen molar-refractivity contribution < 1.29 is 26.4 Å². The van der Waals surface area contributed by atoms with Gasteiger partial charge in [-0.1, -0.05) is 17.4 Å². The number of carbonyl (C=O) groups excluding carboxylic acids is 1. The van der Waals surface area contributed by atoms with Crippen molar-refractivity contribution in [3.8, 4) is 11.2 Å². The number of hydrogen-bond acceptors (Lipinski definition) is 10. The highest BCUT2D eigenvalue weighted by Gasteiger charge is 2.48. The van der Waals surface area contributed by atoms with Crippen LogP contribution in [0, 0.1) is 11.3 Å². The SMILES string of the molecule is N#CC1(NS(=O)(=O)c2ccc3c4c(N5CCN(C(=O)C6(F)CCC6)CC5)ncnc4n(-c4nnc(C(F)F)s4)c3c2)CC1. The third kappa shape index (κ3) is 4.59. The number of sulfonamides is 1. The highest BCUT2D eigenvalue weighted by atomic mass is 32.2. The number of carbonyl (C=O) groups is 1. The van der Waals surface area contributed by atoms with Gasteiger partial charge in [-0.05, 0) is 44.2 Å². The van der Waals surface area contributed by atoms with Gasteiger partial charge in [0.05, 0.1) is 21.9 Å². The second-order valence-corrected chi connectivity index (χ2v) is 13.7. The van der Waals surface area contributed by atoms with Gasteiger partial charge in [0.1, 0.15) is 17.7 Å². The molecule has 2 saturated carbocycles. The number of alkyl halides is 3. The van der Waals surface area contributed by atoms with Crippen molar-refractivity contribution >= 4 is 55.0 Å². The molecular formula is C26H24F3N9O3S2. The second-order valence-electron chi connectivity index (χ2n) is 11.0. The van der Waals surface area contributed by atoms with E-state index in [2.05, 4.69) is 24.9 Å². The lowest BCUT2D eigenvalue weighted by Crippen LogP contribution is -2.56. The van der Waals surface area contributed by atoms with Gasteiger partial charge < -0.3 is 9.80 Å². The van der Waals surface area contributed by atoms with Crippen molar-refractivity contribution in [3.63, 3.8) is 0 Å². The van der Waals surface area contributed by atoms with Gasteiger partial charge in [-0.15, -0.1) is 10.2 Å². The maximum atomic E-state index is 14.8. The molecule has 0 atom stereocenters. The molecule has 17 heteroatoms. The first kappa shape index (κ1) is 27.9. The van der Waals surface area contributed by atoms with Crippen molar-refractivity contribution in [2.24, 2.45) is 0 Å². The van der Waals surface area contributed by atoms with Crippen LogP contribution in [0.2, 0.25) is 0 Å². The number of amides is 1. The number of aromatic nitrogens is 5. The van der Waals surface area contributed by atoms with E-state index in [1.807, 2.05) is 11.0 Å². The molecule has 3 aromatic heterocycles. The van der Waals surface area contributed by atoms with Crippen LogP contribution in [0.3, 0.4) is 0 Å². The zero-order valence-electron chi connectivity index (χ0n) is 22.5. The minimum absolute atomic E-state index is 0.0577. The number of nitriles is 1. The number of halogens is 3. The molecular weight excluding hydrogens is 607 g/mol. The molecule has 3 fully saturated rings. The molecule has 1 amide bonds. The van der Waals surface area contributed by atoms with Gasteiger partial charge in [-0.2, -0.15) is 9.98 Å². The number of nitrogens with zero attached hydrogens (tertiary/aromatic N) is 8. The Morgan fingerprint density at radius 1 is 1.09 bits per heavy atom. The van der Waals surface area contributed by atoms with Gasteiger partial charge in [-0.25, -0.2) is 31.6 Å². The number of anilines is 1. The quantitative estimate of drug-likeness (QED) is 0.324. The van der Waals surface area contributed by atoms with Gasteiger partial charge in [-0.3, -0.25) is 9.36 Å². The van der Waals surface area contributed by atoms with Gasteiger partial charge in [0, 0.05) is 31.6 Å². The molecule has 1 aromatic carbocycles. The zero-order valence-corrected chi connectivity index (χ0v) is 24.1. The van der Waals surface area contributed by atoms with E-state index in [-0.39, 0.29) is 36.0 Å². The van der Waals surface area contributed by atoms with Gasteiger partial charge in [0.15, 0.2) is 16.3 Å². The van der Waals surface area contributed by atoms with Crippen LogP contribution in [0.25, 0.3) is 27.1 Å². The molecule has 7 rings (SSSR count). The first-order valence-corrected chi connectivity index (χ1v) is 15.9. The van der Waals surface area contributed by atoms with Crippen molar-refractivity contribution in [2.45, 2.75) is 54.6 Å². The lowest BCUT2D eigenvalue weighted by molar-refractivity contribution is -0.150. The zero-order chi connectivity index (χ0) is 30.1. The van der Waals surface area contributed by atoms with E-state index < -0.39 is 38.6 Å². The smallest absolute Gasteiger partial charge is 0.291 e. The molecule has 4 aromatic rings. The number of benzene rings is 1. The monoisotopic (exact) mass is 631 g/mol. The number of rotatable bonds is 7. The largest absolute Gasteiger partial charge is 0.352 e. The third-order valence-corrected chi connectivity index (χ3v) is 10.8. The summed E-state index contributed by atoms with van der Waals surface area (Å²) in [5, 5.41) is 17.6. The normalized spacial score (nSPS) is 19.5. The molecule has 1 N–H and O–H groups in total. The van der Waals surface area contributed by atoms with Crippen LogP contribution >= 0.6 is 11.3 Å². The number of hydrogen-bond donors (Lipinski definition) is 1. The predicted octanol–water partition coefficient (Wildman–Crippen LogP) is 3.24. The van der Waals surface area contributed by atoms with Crippen LogP contribution < -0.4 is 9.62 Å². The Balaban J connectivity index is 1.32. The first-order chi connectivity index (χ1) is 20.5. The molecule has 4 heterocycles. The molecule has 1 saturated heterocycles. The van der Waals surface area contributed by atoms with Gasteiger partial charge in [0.25, 0.3) is 12.3 Å². The summed E-state index contributed by atoms with van der Waals surface area (Å²) >= 11 is 0.649. The van der Waals surface area contributed by atoms with E-state index in [9.17, 15) is 31.6 Å². The fourth-order valence-electron chi connectivity index (χ4n) is 5.59. The summed E-state index contributed by atoms with van der Waals surface area (Å²) in [6.07, 6.45) is 0.425. The summed E-state index contributed by atoms with van der Waals surface area (Å²) in [5.41, 5.74) is -2.31. The van der Waals surface area contributed by atoms with Crippen LogP contribution in [0.5, 0.6) is 0 Å². The average Bonchev–Trinajstić information content (AvgIpc) is 3.42. The van der Waals surface area contributed by atoms with Crippen molar-refractivity contribution in [1.29, 1.82) is 5.26 Å². The lowest BCUT2D eigenvalue weighted by Gasteiger charge is -2.41. The highest BCUT2D eigenvalue weighted by molar-refractivity contribution is 7.89. The predicted molar refractivity (Wildman–Crippen MR) is 149 cm³/mol. The van der Waals surface area contributed by atoms with Gasteiger partial charge >= 0.3 is 0 Å². The number of piperazine rings is 1. The molecule has 0 spiro atoms. The standard InChI is InChI=1S/C26H24F3N9O3S2/c27-19(28)22-33-34-24(42-22)38-17-12-15(43(40,41)35-25(13-30)6-7-25)2-3-16(17)18-20(31-14-32-21(18)38)36-8-10-37(11-9-36)23(39)26(29)4-1-5-26/h2-3,12,14,19,35H,1,4-11H2. The molecule has 43 heavy (non-hydrogen) atoms. The fraction of sp³-hybridized carbons (Fsp3) is 0.462. The molecule has 0 bridgehead atoms. The first-order valence-electron chi connectivity index (χ1n) is 13.6. The van der Waals surface area contributed by atoms with Gasteiger partial charge in [0.2, 0.25) is 15.2 Å². The second kappa shape index (κ2) is 9.82. The maximum Gasteiger partial charge on any atom is 0.291 e. The summed E-state index contributed by atoms with van der Waals surface area (Å²) in [6, 6.07) is 6.37. The van der Waals surface area contributed by atoms with Crippen molar-refractivity contribution in [1.82, 2.24) is 34.4 Å². The van der Waals surface area contributed by atoms with Crippen molar-refractivity contribution in [2.75, 3.05) is 31.1 Å². The Hall–Kier alpha value is -3.88. The van der Waals surface area contributed by atoms with Crippen LogP contribution in [0.1, 0.15) is 43.5 Å². The van der Waals surface area contributed by atoms with Crippen molar-refractivity contribution in [3.05, 3.63) is 29.5 Å². The Labute approximate surface area is 247 Å². The Kier molecular flexibility index (Phi) is 6.38. The van der Waals surface area contributed by atoms with Crippen LogP contribution in [0.4, 0.5) is 19.0 Å². The summed E-state index contributed by atoms with van der Waals surface area (Å²) in [4.78, 5) is 25.0. The third-order valence-electron chi connectivity index (χ3n) is 8.31. The van der Waals surface area contributed by atoms with Crippen LogP contribution in [-0.4, -0.2) is 81.3 Å². The number of nitrogens with one attached hydrogen (secondary N) is 1. The van der Waals surface area contributed by atoms with E-state index >= 15 is 0 Å². The molecule has 0 unspecified atom stereocenters. The Morgan fingerprint density at radius 2 is 1.84 bits per heavy atom. The number of fused-ring (bicyclic) bond motifs is 3. The molecule has 224 valence electrons. The van der Waals surface area contributed by atoms with E-state index in [4.69, 9.17) is 0 Å². The molecule has 1 aliphatic heterocycles. The average molecular weight is 632 g/mol. The molecule has 2 aliphatic carbocycles. The summed E-state index contributed by atoms with van der Waals surface area (Å²) in [7, 11) is -4.11. The minimum Gasteiger partial charge on any atom is -0.352 e. The highest BCUT2D eigenvalue weighted by Crippen LogP contribution is 2.41. The van der Waals surface area contributed by atoms with Crippen LogP contribution in [0.15, 0.2) is 29.4 Å². The molecule has 12 nitrogen and oxygen atoms in total. The summed E-state index contributed by atoms with van der Waals surface area (Å²) in [5.74, 6) is 0.00821. The van der Waals surface area contributed by atoms with E-state index in [0.717, 1.165) is 0 Å². The van der Waals surface area contributed by atoms with E-state index in [0.29, 0.717) is 71.4 Å². The molecule has 3 aliphatic rings. The Morgan fingerprint density at radius 3 is 2.44 bits per heavy atom. The fourth-order valence-corrected chi connectivity index (χ4v) is 7.70. The molecule has 0 radical (unpaired) electrons. The topological polar surface area (TPSA) is 150 Å². The van der Waals surface area contributed by atoms with E-state index in [1.54, 1.807) is 6.07 Å². The van der Waals surface area contributed by atoms with Crippen LogP contribution in [-0.2, 0) is 14.8 Å². The summed E-state index contributed by atoms with van der Waals surface area (Å²) < 4.78 is 72.2.